The molecule has 0 saturated carbocycles. The van der Waals surface area contributed by atoms with Crippen LogP contribution in [0.2, 0.25) is 0 Å². The van der Waals surface area contributed by atoms with E-state index >= 15 is 0 Å². The molecule has 1 aromatic rings. The van der Waals surface area contributed by atoms with Crippen molar-refractivity contribution in [3.63, 3.8) is 0 Å². The molecule has 0 aliphatic carbocycles. The van der Waals surface area contributed by atoms with Gasteiger partial charge in [-0.3, -0.25) is 0 Å². The van der Waals surface area contributed by atoms with E-state index in [1.54, 1.807) is 0 Å². The molecule has 0 unspecified atom stereocenters. The van der Waals surface area contributed by atoms with E-state index in [0.29, 0.717) is 0 Å². The Morgan fingerprint density at radius 1 is 1.25 bits per heavy atom. The molecule has 1 nitrogen and oxygen atoms in total. The van der Waals surface area contributed by atoms with Crippen LogP contribution >= 0.6 is 0 Å². The number of hydrogen-bond donors (Lipinski definition) is 0. The quantitative estimate of drug-likeness (QED) is 0.599. The van der Waals surface area contributed by atoms with Gasteiger partial charge in [-0.05, 0) is 0 Å². The molecular weight excluding hydrogens is 146 g/mol. The lowest BCUT2D eigenvalue weighted by Crippen LogP contribution is -2.08. The molecule has 0 aromatic heterocycles. The van der Waals surface area contributed by atoms with Crippen molar-refractivity contribution in [1.29, 1.82) is 0 Å². The molecule has 0 bridgehead atoms. The third-order valence-corrected chi connectivity index (χ3v) is 1.66. The fraction of sp³-hybridized carbons (Fsp3) is 0.182. The van der Waals surface area contributed by atoms with E-state index in [1.165, 1.54) is 0 Å². The summed E-state index contributed by atoms with van der Waals surface area (Å²) in [6, 6.07) is 10.1. The van der Waals surface area contributed by atoms with Gasteiger partial charge in [0.25, 0.3) is 0 Å². The molecule has 1 rings (SSSR count). The van der Waals surface area contributed by atoms with Gasteiger partial charge < -0.3 is 4.90 Å². The summed E-state index contributed by atoms with van der Waals surface area (Å²) < 4.78 is 0. The SMILES string of the molecule is C=C=C(c1ccccc1)N(C)C. The minimum atomic E-state index is 1.02. The maximum absolute atomic E-state index is 3.65. The van der Waals surface area contributed by atoms with Gasteiger partial charge in [0.15, 0.2) is 0 Å². The highest BCUT2D eigenvalue weighted by atomic mass is 15.1. The molecule has 0 atom stereocenters. The second-order valence-electron chi connectivity index (χ2n) is 2.79. The average Bonchev–Trinajstić information content (AvgIpc) is 2.07. The highest BCUT2D eigenvalue weighted by Crippen LogP contribution is 2.13. The second-order valence-corrected chi connectivity index (χ2v) is 2.79. The van der Waals surface area contributed by atoms with Gasteiger partial charge in [0.2, 0.25) is 0 Å². The third-order valence-electron chi connectivity index (χ3n) is 1.66. The Bertz CT molecular complexity index is 292. The number of benzene rings is 1. The van der Waals surface area contributed by atoms with Crippen LogP contribution in [0.3, 0.4) is 0 Å². The first-order valence-electron chi connectivity index (χ1n) is 3.88. The van der Waals surface area contributed by atoms with Crippen molar-refractivity contribution in [1.82, 2.24) is 4.90 Å². The fourth-order valence-electron chi connectivity index (χ4n) is 1.11. The predicted octanol–water partition coefficient (Wildman–Crippen LogP) is 2.37. The fourth-order valence-corrected chi connectivity index (χ4v) is 1.11. The monoisotopic (exact) mass is 159 g/mol. The highest BCUT2D eigenvalue weighted by molar-refractivity contribution is 5.62. The zero-order valence-electron chi connectivity index (χ0n) is 7.54. The Hall–Kier alpha value is -1.46. The molecule has 0 heterocycles. The normalized spacial score (nSPS) is 8.83. The first kappa shape index (κ1) is 8.63. The Balaban J connectivity index is 3.06. The van der Waals surface area contributed by atoms with E-state index < -0.39 is 0 Å². The van der Waals surface area contributed by atoms with Gasteiger partial charge in [-0.25, -0.2) is 0 Å². The molecule has 0 spiro atoms. The van der Waals surface area contributed by atoms with E-state index in [2.05, 4.69) is 12.3 Å². The van der Waals surface area contributed by atoms with Crippen LogP contribution in [-0.2, 0) is 0 Å². The topological polar surface area (TPSA) is 3.24 Å². The van der Waals surface area contributed by atoms with Gasteiger partial charge in [0, 0.05) is 19.7 Å². The van der Waals surface area contributed by atoms with Crippen LogP contribution in [0.4, 0.5) is 0 Å². The zero-order chi connectivity index (χ0) is 8.97. The lowest BCUT2D eigenvalue weighted by atomic mass is 10.1. The molecule has 0 radical (unpaired) electrons. The number of nitrogens with zero attached hydrogens (tertiary/aromatic N) is 1. The van der Waals surface area contributed by atoms with Crippen LogP contribution in [0.15, 0.2) is 42.6 Å². The zero-order valence-corrected chi connectivity index (χ0v) is 7.54. The minimum absolute atomic E-state index is 1.02. The predicted molar refractivity (Wildman–Crippen MR) is 52.7 cm³/mol. The van der Waals surface area contributed by atoms with E-state index in [0.717, 1.165) is 11.3 Å². The van der Waals surface area contributed by atoms with E-state index in [9.17, 15) is 0 Å². The van der Waals surface area contributed by atoms with E-state index in [4.69, 9.17) is 0 Å². The van der Waals surface area contributed by atoms with Gasteiger partial charge in [-0.2, -0.15) is 0 Å². The summed E-state index contributed by atoms with van der Waals surface area (Å²) in [7, 11) is 3.97. The van der Waals surface area contributed by atoms with Gasteiger partial charge in [0.05, 0.1) is 5.70 Å². The number of hydrogen-bond acceptors (Lipinski definition) is 1. The molecule has 0 N–H and O–H groups in total. The van der Waals surface area contributed by atoms with Crippen LogP contribution < -0.4 is 0 Å². The van der Waals surface area contributed by atoms with Crippen LogP contribution in [0.1, 0.15) is 5.56 Å². The van der Waals surface area contributed by atoms with Crippen molar-refractivity contribution < 1.29 is 0 Å². The molecule has 1 aromatic carbocycles. The smallest absolute Gasteiger partial charge is 0.0862 e. The van der Waals surface area contributed by atoms with Crippen molar-refractivity contribution in [3.8, 4) is 0 Å². The summed E-state index contributed by atoms with van der Waals surface area (Å²) in [6.07, 6.45) is 0. The molecule has 0 aliphatic rings. The summed E-state index contributed by atoms with van der Waals surface area (Å²) in [5.41, 5.74) is 5.08. The first-order chi connectivity index (χ1) is 5.75. The Labute approximate surface area is 73.6 Å². The molecule has 1 heteroatoms. The van der Waals surface area contributed by atoms with Gasteiger partial charge >= 0.3 is 0 Å². The lowest BCUT2D eigenvalue weighted by molar-refractivity contribution is 0.593. The summed E-state index contributed by atoms with van der Waals surface area (Å²) in [5, 5.41) is 0. The summed E-state index contributed by atoms with van der Waals surface area (Å²) in [4.78, 5) is 2.00. The Kier molecular flexibility index (Phi) is 2.73. The molecule has 0 amide bonds. The van der Waals surface area contributed by atoms with Crippen LogP contribution in [0.5, 0.6) is 0 Å². The van der Waals surface area contributed by atoms with Crippen molar-refractivity contribution in [3.05, 3.63) is 48.2 Å². The van der Waals surface area contributed by atoms with Crippen LogP contribution in [-0.4, -0.2) is 19.0 Å². The summed E-state index contributed by atoms with van der Waals surface area (Å²) in [6.45, 7) is 3.65. The Morgan fingerprint density at radius 2 is 1.83 bits per heavy atom. The van der Waals surface area contributed by atoms with Gasteiger partial charge in [0.1, 0.15) is 0 Å². The average molecular weight is 159 g/mol. The van der Waals surface area contributed by atoms with Crippen LogP contribution in [0.25, 0.3) is 5.70 Å². The molecule has 62 valence electrons. The summed E-state index contributed by atoms with van der Waals surface area (Å²) in [5.74, 6) is 0. The highest BCUT2D eigenvalue weighted by Gasteiger charge is 1.99. The second kappa shape index (κ2) is 3.80. The van der Waals surface area contributed by atoms with Crippen molar-refractivity contribution >= 4 is 5.70 Å². The molecule has 0 aliphatic heterocycles. The molecule has 0 saturated heterocycles. The standard InChI is InChI=1S/C11H13N/c1-4-11(12(2)3)10-8-6-5-7-9-10/h5-9H,1H2,2-3H3. The minimum Gasteiger partial charge on any atom is -0.371 e. The molecule has 0 fully saturated rings. The maximum atomic E-state index is 3.65. The Morgan fingerprint density at radius 3 is 2.25 bits per heavy atom. The maximum Gasteiger partial charge on any atom is 0.0862 e. The molecule has 12 heavy (non-hydrogen) atoms. The van der Waals surface area contributed by atoms with E-state index in [1.807, 2.05) is 49.3 Å². The third kappa shape index (κ3) is 1.77. The van der Waals surface area contributed by atoms with Crippen LogP contribution in [0, 0.1) is 0 Å². The van der Waals surface area contributed by atoms with Gasteiger partial charge in [-0.1, -0.05) is 36.9 Å². The lowest BCUT2D eigenvalue weighted by Gasteiger charge is -2.14. The van der Waals surface area contributed by atoms with Crippen molar-refractivity contribution in [2.24, 2.45) is 0 Å². The van der Waals surface area contributed by atoms with Gasteiger partial charge in [-0.15, -0.1) is 5.73 Å². The largest absolute Gasteiger partial charge is 0.371 e. The molecular formula is C11H13N. The number of rotatable bonds is 2. The van der Waals surface area contributed by atoms with Crippen molar-refractivity contribution in [2.45, 2.75) is 0 Å². The van der Waals surface area contributed by atoms with E-state index in [-0.39, 0.29) is 0 Å². The van der Waals surface area contributed by atoms with Crippen molar-refractivity contribution in [2.75, 3.05) is 14.1 Å². The first-order valence-corrected chi connectivity index (χ1v) is 3.88. The summed E-state index contributed by atoms with van der Waals surface area (Å²) >= 11 is 0.